The number of benzene rings is 2. The first-order chi connectivity index (χ1) is 11.6. The van der Waals surface area contributed by atoms with Gasteiger partial charge in [0.25, 0.3) is 0 Å². The van der Waals surface area contributed by atoms with Crippen LogP contribution >= 0.6 is 23.4 Å². The number of anilines is 1. The molecule has 1 fully saturated rings. The van der Waals surface area contributed by atoms with E-state index in [0.29, 0.717) is 11.1 Å². The van der Waals surface area contributed by atoms with E-state index in [9.17, 15) is 4.79 Å². The second-order valence-corrected chi connectivity index (χ2v) is 7.84. The van der Waals surface area contributed by atoms with Crippen molar-refractivity contribution in [2.75, 3.05) is 18.4 Å². The second-order valence-electron chi connectivity index (χ2n) is 5.99. The Morgan fingerprint density at radius 2 is 1.92 bits per heavy atom. The Labute approximate surface area is 152 Å². The number of rotatable bonds is 5. The molecule has 1 N–H and O–H groups in total. The molecule has 0 bridgehead atoms. The molecule has 5 heteroatoms. The van der Waals surface area contributed by atoms with Crippen molar-refractivity contribution in [1.29, 1.82) is 0 Å². The molecule has 0 aromatic heterocycles. The van der Waals surface area contributed by atoms with Crippen LogP contribution in [0.1, 0.15) is 13.3 Å². The fraction of sp³-hybridized carbons (Fsp3) is 0.316. The molecule has 2 aromatic rings. The summed E-state index contributed by atoms with van der Waals surface area (Å²) in [4.78, 5) is 15.7. The van der Waals surface area contributed by atoms with Gasteiger partial charge in [0.05, 0.1) is 5.25 Å². The Kier molecular flexibility index (Phi) is 5.69. The van der Waals surface area contributed by atoms with Gasteiger partial charge in [-0.1, -0.05) is 29.8 Å². The fourth-order valence-corrected chi connectivity index (χ4v) is 3.95. The standard InChI is InChI=1S/C19H21ClN2OS/c1-14(24-18-9-7-15(20)8-10-18)19(23)22-12-11-17(13-22)21-16-5-3-2-4-6-16/h2-10,14,17,21H,11-13H2,1H3. The number of carbonyl (C=O) groups is 1. The first-order valence-corrected chi connectivity index (χ1v) is 9.40. The highest BCUT2D eigenvalue weighted by molar-refractivity contribution is 8.00. The van der Waals surface area contributed by atoms with Gasteiger partial charge in [0.2, 0.25) is 5.91 Å². The Bertz CT molecular complexity index is 678. The molecule has 24 heavy (non-hydrogen) atoms. The second kappa shape index (κ2) is 7.95. The Morgan fingerprint density at radius 3 is 2.62 bits per heavy atom. The maximum absolute atomic E-state index is 12.7. The van der Waals surface area contributed by atoms with Crippen LogP contribution < -0.4 is 5.32 Å². The number of hydrogen-bond acceptors (Lipinski definition) is 3. The van der Waals surface area contributed by atoms with Crippen molar-refractivity contribution in [3.8, 4) is 0 Å². The largest absolute Gasteiger partial charge is 0.380 e. The molecular weight excluding hydrogens is 340 g/mol. The van der Waals surface area contributed by atoms with Gasteiger partial charge in [-0.3, -0.25) is 4.79 Å². The van der Waals surface area contributed by atoms with Gasteiger partial charge in [-0.2, -0.15) is 0 Å². The number of para-hydroxylation sites is 1. The summed E-state index contributed by atoms with van der Waals surface area (Å²) in [5.74, 6) is 0.201. The number of nitrogens with one attached hydrogen (secondary N) is 1. The fourth-order valence-electron chi connectivity index (χ4n) is 2.87. The van der Waals surface area contributed by atoms with E-state index in [2.05, 4.69) is 17.4 Å². The molecule has 0 aliphatic carbocycles. The topological polar surface area (TPSA) is 32.3 Å². The molecule has 1 saturated heterocycles. The van der Waals surface area contributed by atoms with Crippen molar-refractivity contribution in [2.24, 2.45) is 0 Å². The zero-order valence-corrected chi connectivity index (χ0v) is 15.2. The minimum absolute atomic E-state index is 0.0957. The van der Waals surface area contributed by atoms with E-state index in [0.717, 1.165) is 30.1 Å². The van der Waals surface area contributed by atoms with Crippen LogP contribution in [0.25, 0.3) is 0 Å². The summed E-state index contributed by atoms with van der Waals surface area (Å²) in [5.41, 5.74) is 1.11. The van der Waals surface area contributed by atoms with Crippen LogP contribution in [0.3, 0.4) is 0 Å². The third-order valence-corrected chi connectivity index (χ3v) is 5.47. The number of hydrogen-bond donors (Lipinski definition) is 1. The first-order valence-electron chi connectivity index (χ1n) is 8.14. The molecule has 1 amide bonds. The lowest BCUT2D eigenvalue weighted by Crippen LogP contribution is -2.36. The van der Waals surface area contributed by atoms with E-state index < -0.39 is 0 Å². The average Bonchev–Trinajstić information content (AvgIpc) is 3.05. The SMILES string of the molecule is CC(Sc1ccc(Cl)cc1)C(=O)N1CCC(Nc2ccccc2)C1. The average molecular weight is 361 g/mol. The normalized spacial score (nSPS) is 18.4. The van der Waals surface area contributed by atoms with Gasteiger partial charge in [-0.25, -0.2) is 0 Å². The van der Waals surface area contributed by atoms with Crippen LogP contribution in [-0.2, 0) is 4.79 Å². The van der Waals surface area contributed by atoms with Crippen LogP contribution in [0.5, 0.6) is 0 Å². The highest BCUT2D eigenvalue weighted by Gasteiger charge is 2.29. The Morgan fingerprint density at radius 1 is 1.21 bits per heavy atom. The van der Waals surface area contributed by atoms with Crippen molar-refractivity contribution in [2.45, 2.75) is 29.5 Å². The number of amides is 1. The zero-order chi connectivity index (χ0) is 16.9. The van der Waals surface area contributed by atoms with Gasteiger partial charge < -0.3 is 10.2 Å². The minimum Gasteiger partial charge on any atom is -0.380 e. The molecule has 3 nitrogen and oxygen atoms in total. The predicted octanol–water partition coefficient (Wildman–Crippen LogP) is 4.53. The van der Waals surface area contributed by atoms with Gasteiger partial charge in [-0.15, -0.1) is 11.8 Å². The summed E-state index contributed by atoms with van der Waals surface area (Å²) >= 11 is 7.49. The van der Waals surface area contributed by atoms with Crippen LogP contribution in [0.2, 0.25) is 5.02 Å². The lowest BCUT2D eigenvalue weighted by molar-refractivity contribution is -0.129. The zero-order valence-electron chi connectivity index (χ0n) is 13.6. The van der Waals surface area contributed by atoms with Crippen molar-refractivity contribution < 1.29 is 4.79 Å². The highest BCUT2D eigenvalue weighted by atomic mass is 35.5. The molecule has 0 radical (unpaired) electrons. The van der Waals surface area contributed by atoms with Crippen LogP contribution in [-0.4, -0.2) is 35.2 Å². The molecule has 2 aromatic carbocycles. The summed E-state index contributed by atoms with van der Waals surface area (Å²) < 4.78 is 0. The highest BCUT2D eigenvalue weighted by Crippen LogP contribution is 2.27. The van der Waals surface area contributed by atoms with E-state index in [1.807, 2.05) is 54.3 Å². The van der Waals surface area contributed by atoms with Crippen LogP contribution in [0.15, 0.2) is 59.5 Å². The third-order valence-electron chi connectivity index (χ3n) is 4.12. The monoisotopic (exact) mass is 360 g/mol. The lowest BCUT2D eigenvalue weighted by atomic mass is 10.2. The molecule has 1 aliphatic heterocycles. The minimum atomic E-state index is -0.0957. The van der Waals surface area contributed by atoms with E-state index in [4.69, 9.17) is 11.6 Å². The van der Waals surface area contributed by atoms with Crippen molar-refractivity contribution in [3.05, 3.63) is 59.6 Å². The molecule has 1 heterocycles. The number of carbonyl (C=O) groups excluding carboxylic acids is 1. The Balaban J connectivity index is 1.53. The number of halogens is 1. The van der Waals surface area contributed by atoms with Gasteiger partial charge in [0, 0.05) is 34.7 Å². The quantitative estimate of drug-likeness (QED) is 0.795. The van der Waals surface area contributed by atoms with E-state index >= 15 is 0 Å². The maximum atomic E-state index is 12.7. The van der Waals surface area contributed by atoms with Crippen molar-refractivity contribution >= 4 is 35.0 Å². The molecule has 2 atom stereocenters. The summed E-state index contributed by atoms with van der Waals surface area (Å²) in [6.45, 7) is 3.55. The third kappa shape index (κ3) is 4.46. The number of thioether (sulfide) groups is 1. The van der Waals surface area contributed by atoms with Gasteiger partial charge in [0.15, 0.2) is 0 Å². The maximum Gasteiger partial charge on any atom is 0.235 e. The molecule has 2 unspecified atom stereocenters. The smallest absolute Gasteiger partial charge is 0.235 e. The van der Waals surface area contributed by atoms with Crippen molar-refractivity contribution in [1.82, 2.24) is 4.90 Å². The van der Waals surface area contributed by atoms with Crippen LogP contribution in [0.4, 0.5) is 5.69 Å². The van der Waals surface area contributed by atoms with Crippen LogP contribution in [0, 0.1) is 0 Å². The van der Waals surface area contributed by atoms with E-state index in [-0.39, 0.29) is 11.2 Å². The summed E-state index contributed by atoms with van der Waals surface area (Å²) in [5, 5.41) is 4.12. The van der Waals surface area contributed by atoms with Gasteiger partial charge >= 0.3 is 0 Å². The summed E-state index contributed by atoms with van der Waals surface area (Å²) in [6, 6.07) is 18.1. The number of likely N-dealkylation sites (tertiary alicyclic amines) is 1. The summed E-state index contributed by atoms with van der Waals surface area (Å²) in [6.07, 6.45) is 0.985. The summed E-state index contributed by atoms with van der Waals surface area (Å²) in [7, 11) is 0. The molecular formula is C19H21ClN2OS. The molecule has 126 valence electrons. The van der Waals surface area contributed by atoms with E-state index in [1.165, 1.54) is 0 Å². The first kappa shape index (κ1) is 17.2. The molecule has 3 rings (SSSR count). The molecule has 0 saturated carbocycles. The molecule has 1 aliphatic rings. The van der Waals surface area contributed by atoms with Crippen molar-refractivity contribution in [3.63, 3.8) is 0 Å². The Hall–Kier alpha value is -1.65. The van der Waals surface area contributed by atoms with Gasteiger partial charge in [0.1, 0.15) is 0 Å². The molecule has 0 spiro atoms. The number of nitrogens with zero attached hydrogens (tertiary/aromatic N) is 1. The van der Waals surface area contributed by atoms with E-state index in [1.54, 1.807) is 11.8 Å². The van der Waals surface area contributed by atoms with Gasteiger partial charge in [-0.05, 0) is 49.7 Å². The lowest BCUT2D eigenvalue weighted by Gasteiger charge is -2.21. The predicted molar refractivity (Wildman–Crippen MR) is 102 cm³/mol.